The van der Waals surface area contributed by atoms with Gasteiger partial charge in [-0.05, 0) is 56.5 Å². The van der Waals surface area contributed by atoms with Gasteiger partial charge in [0.15, 0.2) is 0 Å². The number of benzene rings is 1. The Bertz CT molecular complexity index is 678. The van der Waals surface area contributed by atoms with Crippen molar-refractivity contribution >= 4 is 12.1 Å². The maximum atomic E-state index is 12.3. The lowest BCUT2D eigenvalue weighted by molar-refractivity contribution is -0.140. The number of nitrogens with one attached hydrogen (secondary N) is 1. The molecule has 3 atom stereocenters. The number of carbonyl (C=O) groups is 2. The molecule has 2 unspecified atom stereocenters. The number of aliphatic carboxylic acids is 1. The molecule has 1 aliphatic rings. The van der Waals surface area contributed by atoms with Gasteiger partial charge in [0.2, 0.25) is 0 Å². The lowest BCUT2D eigenvalue weighted by Crippen LogP contribution is -2.46. The molecule has 1 fully saturated rings. The van der Waals surface area contributed by atoms with Crippen LogP contribution in [0.15, 0.2) is 24.3 Å². The molecule has 0 saturated carbocycles. The molecule has 0 bridgehead atoms. The van der Waals surface area contributed by atoms with Crippen molar-refractivity contribution in [2.45, 2.75) is 64.3 Å². The summed E-state index contributed by atoms with van der Waals surface area (Å²) in [4.78, 5) is 26.1. The summed E-state index contributed by atoms with van der Waals surface area (Å²) in [5, 5.41) is 11.8. The van der Waals surface area contributed by atoms with Crippen molar-refractivity contribution in [2.75, 3.05) is 20.1 Å². The Balaban J connectivity index is 2.15. The second kappa shape index (κ2) is 9.92. The van der Waals surface area contributed by atoms with Gasteiger partial charge in [-0.25, -0.2) is 9.59 Å². The fourth-order valence-electron chi connectivity index (χ4n) is 4.08. The lowest BCUT2D eigenvalue weighted by Gasteiger charge is -2.35. The summed E-state index contributed by atoms with van der Waals surface area (Å²) >= 11 is 0. The maximum Gasteiger partial charge on any atom is 0.413 e. The minimum atomic E-state index is -1.05. The van der Waals surface area contributed by atoms with Crippen LogP contribution in [-0.4, -0.2) is 48.2 Å². The summed E-state index contributed by atoms with van der Waals surface area (Å²) in [6.45, 7) is 7.99. The molecule has 1 heterocycles. The average Bonchev–Trinajstić information content (AvgIpc) is 2.87. The Kier molecular flexibility index (Phi) is 7.87. The maximum absolute atomic E-state index is 12.3. The minimum Gasteiger partial charge on any atom is -0.480 e. The molecule has 1 saturated heterocycles. The number of likely N-dealkylation sites (tertiary alicyclic amines) is 1. The molecule has 2 N–H and O–H groups in total. The lowest BCUT2D eigenvalue weighted by atomic mass is 9.74. The van der Waals surface area contributed by atoms with Crippen LogP contribution in [0.25, 0.3) is 0 Å². The Morgan fingerprint density at radius 1 is 1.32 bits per heavy atom. The number of ether oxygens (including phenoxy) is 1. The molecule has 6 heteroatoms. The molecule has 156 valence electrons. The number of carbonyl (C=O) groups excluding carboxylic acids is 1. The van der Waals surface area contributed by atoms with Crippen LogP contribution in [0.1, 0.15) is 58.4 Å². The number of rotatable bonds is 7. The van der Waals surface area contributed by atoms with Crippen LogP contribution >= 0.6 is 0 Å². The quantitative estimate of drug-likeness (QED) is 0.735. The van der Waals surface area contributed by atoms with E-state index in [4.69, 9.17) is 4.74 Å². The SMILES string of the molecule is CC[C@H](C)C(NC(=O)Oc1cccc(C2(CC)CCCCN(C)C2)c1)C(=O)O. The van der Waals surface area contributed by atoms with Crippen LogP contribution in [0.4, 0.5) is 4.79 Å². The van der Waals surface area contributed by atoms with E-state index in [0.717, 1.165) is 25.9 Å². The number of likely N-dealkylation sites (N-methyl/N-ethyl adjacent to an activating group) is 1. The third kappa shape index (κ3) is 5.47. The van der Waals surface area contributed by atoms with Crippen LogP contribution in [0, 0.1) is 5.92 Å². The van der Waals surface area contributed by atoms with E-state index >= 15 is 0 Å². The van der Waals surface area contributed by atoms with E-state index < -0.39 is 18.1 Å². The normalized spacial score (nSPS) is 22.7. The zero-order chi connectivity index (χ0) is 20.7. The fraction of sp³-hybridized carbons (Fsp3) is 0.636. The largest absolute Gasteiger partial charge is 0.480 e. The van der Waals surface area contributed by atoms with Crippen molar-refractivity contribution in [2.24, 2.45) is 5.92 Å². The molecule has 0 spiro atoms. The monoisotopic (exact) mass is 390 g/mol. The number of carboxylic acid groups (broad SMARTS) is 1. The van der Waals surface area contributed by atoms with E-state index in [1.807, 2.05) is 19.1 Å². The van der Waals surface area contributed by atoms with Crippen molar-refractivity contribution in [3.05, 3.63) is 29.8 Å². The predicted molar refractivity (Wildman–Crippen MR) is 110 cm³/mol. The third-order valence-corrected chi connectivity index (χ3v) is 6.10. The fourth-order valence-corrected chi connectivity index (χ4v) is 4.08. The van der Waals surface area contributed by atoms with Gasteiger partial charge < -0.3 is 20.1 Å². The highest BCUT2D eigenvalue weighted by Crippen LogP contribution is 2.37. The van der Waals surface area contributed by atoms with Crippen LogP contribution in [0.2, 0.25) is 0 Å². The molecular formula is C22H34N2O4. The first kappa shape index (κ1) is 22.2. The van der Waals surface area contributed by atoms with Crippen molar-refractivity contribution in [3.63, 3.8) is 0 Å². The first-order valence-electron chi connectivity index (χ1n) is 10.3. The van der Waals surface area contributed by atoms with E-state index in [1.54, 1.807) is 13.0 Å². The Hall–Kier alpha value is -2.08. The average molecular weight is 391 g/mol. The number of nitrogens with zero attached hydrogens (tertiary/aromatic N) is 1. The second-order valence-corrected chi connectivity index (χ2v) is 8.09. The van der Waals surface area contributed by atoms with Gasteiger partial charge in [-0.15, -0.1) is 0 Å². The smallest absolute Gasteiger partial charge is 0.413 e. The molecule has 1 aliphatic heterocycles. The number of amides is 1. The van der Waals surface area contributed by atoms with E-state index in [2.05, 4.69) is 30.3 Å². The molecule has 28 heavy (non-hydrogen) atoms. The molecule has 6 nitrogen and oxygen atoms in total. The zero-order valence-electron chi connectivity index (χ0n) is 17.5. The number of hydrogen-bond donors (Lipinski definition) is 2. The minimum absolute atomic E-state index is 0.0431. The van der Waals surface area contributed by atoms with Crippen molar-refractivity contribution < 1.29 is 19.4 Å². The van der Waals surface area contributed by atoms with Crippen molar-refractivity contribution in [1.82, 2.24) is 10.2 Å². The summed E-state index contributed by atoms with van der Waals surface area (Å²) in [5.74, 6) is -0.782. The van der Waals surface area contributed by atoms with E-state index in [0.29, 0.717) is 12.2 Å². The molecule has 1 aromatic rings. The predicted octanol–water partition coefficient (Wildman–Crippen LogP) is 4.04. The van der Waals surface area contributed by atoms with Crippen molar-refractivity contribution in [1.29, 1.82) is 0 Å². The number of hydrogen-bond acceptors (Lipinski definition) is 4. The summed E-state index contributed by atoms with van der Waals surface area (Å²) < 4.78 is 5.44. The van der Waals surface area contributed by atoms with Gasteiger partial charge in [0, 0.05) is 12.0 Å². The molecule has 1 amide bonds. The van der Waals surface area contributed by atoms with Crippen LogP contribution in [0.5, 0.6) is 5.75 Å². The van der Waals surface area contributed by atoms with Crippen LogP contribution in [0.3, 0.4) is 0 Å². The highest BCUT2D eigenvalue weighted by atomic mass is 16.6. The highest BCUT2D eigenvalue weighted by molar-refractivity contribution is 5.81. The number of carboxylic acids is 1. The van der Waals surface area contributed by atoms with Gasteiger partial charge in [0.1, 0.15) is 11.8 Å². The van der Waals surface area contributed by atoms with Gasteiger partial charge in [-0.2, -0.15) is 0 Å². The van der Waals surface area contributed by atoms with E-state index in [9.17, 15) is 14.7 Å². The van der Waals surface area contributed by atoms with Gasteiger partial charge in [-0.3, -0.25) is 0 Å². The Morgan fingerprint density at radius 3 is 2.71 bits per heavy atom. The van der Waals surface area contributed by atoms with Crippen LogP contribution < -0.4 is 10.1 Å². The topological polar surface area (TPSA) is 78.9 Å². The highest BCUT2D eigenvalue weighted by Gasteiger charge is 2.33. The first-order valence-corrected chi connectivity index (χ1v) is 10.3. The Labute approximate surface area is 168 Å². The second-order valence-electron chi connectivity index (χ2n) is 8.09. The molecular weight excluding hydrogens is 356 g/mol. The van der Waals surface area contributed by atoms with E-state index in [1.165, 1.54) is 18.4 Å². The first-order chi connectivity index (χ1) is 13.3. The van der Waals surface area contributed by atoms with Gasteiger partial charge in [0.05, 0.1) is 0 Å². The Morgan fingerprint density at radius 2 is 2.07 bits per heavy atom. The summed E-state index contributed by atoms with van der Waals surface area (Å²) in [6, 6.07) is 6.72. The van der Waals surface area contributed by atoms with Gasteiger partial charge in [0.25, 0.3) is 0 Å². The van der Waals surface area contributed by atoms with Gasteiger partial charge >= 0.3 is 12.1 Å². The van der Waals surface area contributed by atoms with Crippen LogP contribution in [-0.2, 0) is 10.2 Å². The summed E-state index contributed by atoms with van der Waals surface area (Å²) in [6.07, 6.45) is 4.43. The standard InChI is InChI=1S/C22H34N2O4/c1-5-16(3)19(20(25)26)23-21(27)28-18-11-9-10-17(14-18)22(6-2)12-7-8-13-24(4)15-22/h9-11,14,16,19H,5-8,12-13,15H2,1-4H3,(H,23,27)(H,25,26)/t16-,19?,22?/m0/s1. The van der Waals surface area contributed by atoms with E-state index in [-0.39, 0.29) is 11.3 Å². The molecule has 0 aliphatic carbocycles. The summed E-state index contributed by atoms with van der Waals surface area (Å²) in [7, 11) is 2.16. The third-order valence-electron chi connectivity index (χ3n) is 6.10. The molecule has 0 aromatic heterocycles. The van der Waals surface area contributed by atoms with Crippen molar-refractivity contribution in [3.8, 4) is 5.75 Å². The molecule has 2 rings (SSSR count). The molecule has 0 radical (unpaired) electrons. The molecule has 1 aromatic carbocycles. The zero-order valence-corrected chi connectivity index (χ0v) is 17.5. The summed E-state index contributed by atoms with van der Waals surface area (Å²) in [5.41, 5.74) is 1.22. The van der Waals surface area contributed by atoms with Gasteiger partial charge in [-0.1, -0.05) is 45.7 Å².